The lowest BCUT2D eigenvalue weighted by molar-refractivity contribution is -0.143. The molecule has 1 heterocycles. The topological polar surface area (TPSA) is 66.5 Å². The molecule has 6 heteroatoms. The van der Waals surface area contributed by atoms with Gasteiger partial charge in [0, 0.05) is 31.5 Å². The van der Waals surface area contributed by atoms with Gasteiger partial charge in [-0.1, -0.05) is 24.3 Å². The SMILES string of the molecule is Cc1ccc(C(=O)CCC(=O)N2CCNC(=O)C2c2ccc(F)cc2)cc1C. The predicted molar refractivity (Wildman–Crippen MR) is 103 cm³/mol. The second kappa shape index (κ2) is 8.33. The number of piperazine rings is 1. The number of nitrogens with zero attached hydrogens (tertiary/aromatic N) is 1. The number of Topliss-reactive ketones (excluding diaryl/α,β-unsaturated/α-hetero) is 1. The quantitative estimate of drug-likeness (QED) is 0.808. The molecule has 0 aromatic heterocycles. The number of hydrogen-bond donors (Lipinski definition) is 1. The Morgan fingerprint density at radius 1 is 1.07 bits per heavy atom. The standard InChI is InChI=1S/C22H23FN2O3/c1-14-3-4-17(13-15(14)2)19(26)9-10-20(27)25-12-11-24-22(28)21(25)16-5-7-18(23)8-6-16/h3-8,13,21H,9-12H2,1-2H3,(H,24,28). The number of nitrogens with one attached hydrogen (secondary N) is 1. The molecule has 1 saturated heterocycles. The second-order valence-corrected chi connectivity index (χ2v) is 7.05. The van der Waals surface area contributed by atoms with Gasteiger partial charge >= 0.3 is 0 Å². The van der Waals surface area contributed by atoms with E-state index in [9.17, 15) is 18.8 Å². The van der Waals surface area contributed by atoms with Crippen molar-refractivity contribution in [1.82, 2.24) is 10.2 Å². The summed E-state index contributed by atoms with van der Waals surface area (Å²) in [6, 6.07) is 10.2. The van der Waals surface area contributed by atoms with Crippen LogP contribution in [0.4, 0.5) is 4.39 Å². The van der Waals surface area contributed by atoms with Gasteiger partial charge in [-0.3, -0.25) is 14.4 Å². The molecule has 1 N–H and O–H groups in total. The van der Waals surface area contributed by atoms with E-state index in [-0.39, 0.29) is 30.4 Å². The lowest BCUT2D eigenvalue weighted by atomic mass is 9.99. The van der Waals surface area contributed by atoms with E-state index < -0.39 is 11.9 Å². The van der Waals surface area contributed by atoms with Crippen LogP contribution in [-0.2, 0) is 9.59 Å². The smallest absolute Gasteiger partial charge is 0.247 e. The van der Waals surface area contributed by atoms with Gasteiger partial charge in [0.2, 0.25) is 11.8 Å². The summed E-state index contributed by atoms with van der Waals surface area (Å²) in [5.41, 5.74) is 3.27. The zero-order chi connectivity index (χ0) is 20.3. The van der Waals surface area contributed by atoms with Crippen LogP contribution in [0.3, 0.4) is 0 Å². The monoisotopic (exact) mass is 382 g/mol. The van der Waals surface area contributed by atoms with Crippen molar-refractivity contribution < 1.29 is 18.8 Å². The minimum absolute atomic E-state index is 0.0245. The fourth-order valence-electron chi connectivity index (χ4n) is 3.34. The molecule has 5 nitrogen and oxygen atoms in total. The van der Waals surface area contributed by atoms with Gasteiger partial charge in [-0.15, -0.1) is 0 Å². The van der Waals surface area contributed by atoms with E-state index >= 15 is 0 Å². The van der Waals surface area contributed by atoms with Gasteiger partial charge in [0.15, 0.2) is 5.78 Å². The van der Waals surface area contributed by atoms with Crippen LogP contribution in [0.25, 0.3) is 0 Å². The number of halogens is 1. The predicted octanol–water partition coefficient (Wildman–Crippen LogP) is 3.11. The van der Waals surface area contributed by atoms with E-state index in [1.807, 2.05) is 26.0 Å². The van der Waals surface area contributed by atoms with Crippen LogP contribution in [0.15, 0.2) is 42.5 Å². The van der Waals surface area contributed by atoms with Crippen molar-refractivity contribution in [2.45, 2.75) is 32.7 Å². The van der Waals surface area contributed by atoms with E-state index in [2.05, 4.69) is 5.32 Å². The van der Waals surface area contributed by atoms with Crippen LogP contribution in [0, 0.1) is 19.7 Å². The number of amides is 2. The number of carbonyl (C=O) groups excluding carboxylic acids is 3. The molecular weight excluding hydrogens is 359 g/mol. The largest absolute Gasteiger partial charge is 0.352 e. The first-order valence-corrected chi connectivity index (χ1v) is 9.30. The summed E-state index contributed by atoms with van der Waals surface area (Å²) in [7, 11) is 0. The third-order valence-electron chi connectivity index (χ3n) is 5.11. The van der Waals surface area contributed by atoms with Gasteiger partial charge in [0.25, 0.3) is 0 Å². The minimum atomic E-state index is -0.807. The summed E-state index contributed by atoms with van der Waals surface area (Å²) in [5.74, 6) is -1.07. The Morgan fingerprint density at radius 3 is 2.46 bits per heavy atom. The molecule has 3 rings (SSSR count). The van der Waals surface area contributed by atoms with Crippen LogP contribution in [0.2, 0.25) is 0 Å². The summed E-state index contributed by atoms with van der Waals surface area (Å²) < 4.78 is 13.2. The minimum Gasteiger partial charge on any atom is -0.352 e. The zero-order valence-electron chi connectivity index (χ0n) is 16.0. The number of hydrogen-bond acceptors (Lipinski definition) is 3. The molecule has 0 radical (unpaired) electrons. The van der Waals surface area contributed by atoms with Gasteiger partial charge in [0.05, 0.1) is 0 Å². The summed E-state index contributed by atoms with van der Waals surface area (Å²) in [6.45, 7) is 4.62. The normalized spacial score (nSPS) is 16.6. The molecule has 2 aromatic carbocycles. The molecular formula is C22H23FN2O3. The molecule has 1 unspecified atom stereocenters. The number of carbonyl (C=O) groups is 3. The summed E-state index contributed by atoms with van der Waals surface area (Å²) in [6.07, 6.45) is 0.103. The van der Waals surface area contributed by atoms with Crippen molar-refractivity contribution in [3.8, 4) is 0 Å². The maximum Gasteiger partial charge on any atom is 0.247 e. The highest BCUT2D eigenvalue weighted by Gasteiger charge is 2.34. The molecule has 146 valence electrons. The Balaban J connectivity index is 1.70. The van der Waals surface area contributed by atoms with Crippen molar-refractivity contribution >= 4 is 17.6 Å². The first-order chi connectivity index (χ1) is 13.4. The van der Waals surface area contributed by atoms with Crippen LogP contribution in [0.5, 0.6) is 0 Å². The van der Waals surface area contributed by atoms with Crippen molar-refractivity contribution in [2.24, 2.45) is 0 Å². The Hall–Kier alpha value is -3.02. The molecule has 1 atom stereocenters. The number of benzene rings is 2. The first-order valence-electron chi connectivity index (χ1n) is 9.30. The summed E-state index contributed by atoms with van der Waals surface area (Å²) >= 11 is 0. The van der Waals surface area contributed by atoms with Crippen molar-refractivity contribution in [2.75, 3.05) is 13.1 Å². The molecule has 0 bridgehead atoms. The molecule has 1 fully saturated rings. The number of ketones is 1. The highest BCUT2D eigenvalue weighted by molar-refractivity contribution is 5.98. The first kappa shape index (κ1) is 19.7. The van der Waals surface area contributed by atoms with Gasteiger partial charge in [-0.2, -0.15) is 0 Å². The molecule has 2 amide bonds. The molecule has 28 heavy (non-hydrogen) atoms. The molecule has 0 aliphatic carbocycles. The van der Waals surface area contributed by atoms with Crippen molar-refractivity contribution in [3.63, 3.8) is 0 Å². The van der Waals surface area contributed by atoms with Crippen LogP contribution < -0.4 is 5.32 Å². The molecule has 0 saturated carbocycles. The highest BCUT2D eigenvalue weighted by atomic mass is 19.1. The van der Waals surface area contributed by atoms with Crippen LogP contribution >= 0.6 is 0 Å². The van der Waals surface area contributed by atoms with E-state index in [0.717, 1.165) is 11.1 Å². The highest BCUT2D eigenvalue weighted by Crippen LogP contribution is 2.25. The molecule has 1 aliphatic rings. The molecule has 2 aromatic rings. The van der Waals surface area contributed by atoms with Crippen LogP contribution in [0.1, 0.15) is 45.9 Å². The zero-order valence-corrected chi connectivity index (χ0v) is 16.0. The molecule has 0 spiro atoms. The van der Waals surface area contributed by atoms with E-state index in [1.54, 1.807) is 6.07 Å². The van der Waals surface area contributed by atoms with E-state index in [1.165, 1.54) is 29.2 Å². The second-order valence-electron chi connectivity index (χ2n) is 7.05. The summed E-state index contributed by atoms with van der Waals surface area (Å²) in [4.78, 5) is 39.1. The van der Waals surface area contributed by atoms with Gasteiger partial charge < -0.3 is 10.2 Å². The van der Waals surface area contributed by atoms with Gasteiger partial charge in [-0.05, 0) is 48.7 Å². The van der Waals surface area contributed by atoms with Crippen LogP contribution in [-0.4, -0.2) is 35.6 Å². The van der Waals surface area contributed by atoms with Gasteiger partial charge in [0.1, 0.15) is 11.9 Å². The fourth-order valence-corrected chi connectivity index (χ4v) is 3.34. The van der Waals surface area contributed by atoms with Crippen molar-refractivity contribution in [3.05, 3.63) is 70.5 Å². The number of aryl methyl sites for hydroxylation is 2. The Labute approximate surface area is 163 Å². The van der Waals surface area contributed by atoms with Gasteiger partial charge in [-0.25, -0.2) is 4.39 Å². The lowest BCUT2D eigenvalue weighted by Gasteiger charge is -2.35. The van der Waals surface area contributed by atoms with Crippen molar-refractivity contribution in [1.29, 1.82) is 0 Å². The third kappa shape index (κ3) is 4.27. The number of rotatable bonds is 5. The van der Waals surface area contributed by atoms with E-state index in [4.69, 9.17) is 0 Å². The maximum absolute atomic E-state index is 13.2. The lowest BCUT2D eigenvalue weighted by Crippen LogP contribution is -2.52. The fraction of sp³-hybridized carbons (Fsp3) is 0.318. The Bertz CT molecular complexity index is 908. The average Bonchev–Trinajstić information content (AvgIpc) is 2.68. The third-order valence-corrected chi connectivity index (χ3v) is 5.11. The maximum atomic E-state index is 13.2. The summed E-state index contributed by atoms with van der Waals surface area (Å²) in [5, 5.41) is 2.74. The average molecular weight is 382 g/mol. The Kier molecular flexibility index (Phi) is 5.87. The van der Waals surface area contributed by atoms with E-state index in [0.29, 0.717) is 24.2 Å². The molecule has 1 aliphatic heterocycles. The Morgan fingerprint density at radius 2 is 1.79 bits per heavy atom.